The topological polar surface area (TPSA) is 107 Å². The fourth-order valence-electron chi connectivity index (χ4n) is 3.60. The van der Waals surface area contributed by atoms with Gasteiger partial charge in [0.25, 0.3) is 5.91 Å². The molecular weight excluding hydrogens is 497 g/mol. The van der Waals surface area contributed by atoms with Gasteiger partial charge in [-0.15, -0.1) is 0 Å². The molecule has 4 aromatic carbocycles. The van der Waals surface area contributed by atoms with Gasteiger partial charge in [-0.1, -0.05) is 66.7 Å². The van der Waals surface area contributed by atoms with E-state index in [4.69, 9.17) is 0 Å². The summed E-state index contributed by atoms with van der Waals surface area (Å²) in [6.45, 7) is 0. The number of aromatic hydroxyl groups is 1. The second-order valence-corrected chi connectivity index (χ2v) is 8.13. The van der Waals surface area contributed by atoms with Crippen molar-refractivity contribution in [2.24, 2.45) is 15.3 Å². The number of rotatable bonds is 7. The van der Waals surface area contributed by atoms with E-state index in [1.165, 1.54) is 30.3 Å². The third-order valence-electron chi connectivity index (χ3n) is 5.55. The van der Waals surface area contributed by atoms with Crippen molar-refractivity contribution in [1.29, 1.82) is 0 Å². The van der Waals surface area contributed by atoms with E-state index in [9.17, 15) is 28.2 Å². The molecule has 0 radical (unpaired) electrons. The van der Waals surface area contributed by atoms with E-state index in [0.717, 1.165) is 18.3 Å². The highest BCUT2D eigenvalue weighted by Gasteiger charge is 2.39. The Morgan fingerprint density at radius 2 is 1.29 bits per heavy atom. The van der Waals surface area contributed by atoms with Gasteiger partial charge >= 0.3 is 6.18 Å². The molecule has 0 unspecified atom stereocenters. The lowest BCUT2D eigenvalue weighted by molar-refractivity contribution is -0.137. The summed E-state index contributed by atoms with van der Waals surface area (Å²) >= 11 is 0. The third kappa shape index (κ3) is 5.93. The molecule has 0 saturated carbocycles. The quantitative estimate of drug-likeness (QED) is 0.154. The van der Waals surface area contributed by atoms with Crippen LogP contribution in [0.4, 0.5) is 24.5 Å². The van der Waals surface area contributed by atoms with E-state index in [0.29, 0.717) is 11.1 Å². The van der Waals surface area contributed by atoms with Gasteiger partial charge in [-0.3, -0.25) is 4.79 Å². The van der Waals surface area contributed by atoms with Crippen LogP contribution < -0.4 is 5.43 Å². The standard InChI is InChI=1S/C28H21F3N4O3/c29-28(30,31)22-12-7-13-23(17-22)33-34-24-14-15-25(36)19(16-24)18-32-35-26(37)27(38,20-8-3-1-4-9-20)21-10-5-2-6-11-21/h1-18,36,38H,(H,35,37)/b32-18-,34-33?. The van der Waals surface area contributed by atoms with E-state index in [-0.39, 0.29) is 22.7 Å². The highest BCUT2D eigenvalue weighted by molar-refractivity contribution is 5.91. The number of aliphatic hydroxyl groups is 1. The molecule has 4 rings (SSSR count). The maximum atomic E-state index is 13.1. The van der Waals surface area contributed by atoms with Crippen LogP contribution >= 0.6 is 0 Å². The Balaban J connectivity index is 1.54. The average molecular weight is 518 g/mol. The van der Waals surface area contributed by atoms with Crippen molar-refractivity contribution in [2.45, 2.75) is 11.8 Å². The summed E-state index contributed by atoms with van der Waals surface area (Å²) in [6, 6.07) is 25.2. The molecule has 0 aliphatic carbocycles. The summed E-state index contributed by atoms with van der Waals surface area (Å²) in [5, 5.41) is 33.2. The van der Waals surface area contributed by atoms with Gasteiger partial charge in [0.2, 0.25) is 0 Å². The number of hydrogen-bond donors (Lipinski definition) is 3. The van der Waals surface area contributed by atoms with Crippen LogP contribution in [0.25, 0.3) is 0 Å². The summed E-state index contributed by atoms with van der Waals surface area (Å²) in [7, 11) is 0. The van der Waals surface area contributed by atoms with Crippen molar-refractivity contribution in [3.05, 3.63) is 125 Å². The van der Waals surface area contributed by atoms with Crippen LogP contribution in [0.2, 0.25) is 0 Å². The fraction of sp³-hybridized carbons (Fsp3) is 0.0714. The largest absolute Gasteiger partial charge is 0.507 e. The Hall–Kier alpha value is -4.83. The van der Waals surface area contributed by atoms with E-state index in [1.807, 2.05) is 0 Å². The monoisotopic (exact) mass is 518 g/mol. The predicted molar refractivity (Wildman–Crippen MR) is 135 cm³/mol. The summed E-state index contributed by atoms with van der Waals surface area (Å²) in [6.07, 6.45) is -3.36. The minimum absolute atomic E-state index is 0.00325. The SMILES string of the molecule is O=C(N/N=C\c1cc(N=Nc2cccc(C(F)(F)F)c2)ccc1O)C(O)(c1ccccc1)c1ccccc1. The first kappa shape index (κ1) is 26.2. The molecule has 0 atom stereocenters. The van der Waals surface area contributed by atoms with Crippen LogP contribution in [-0.4, -0.2) is 22.3 Å². The number of nitrogens with one attached hydrogen (secondary N) is 1. The smallest absolute Gasteiger partial charge is 0.416 e. The molecule has 0 fully saturated rings. The Kier molecular flexibility index (Phi) is 7.63. The number of azo groups is 1. The van der Waals surface area contributed by atoms with E-state index >= 15 is 0 Å². The number of phenolic OH excluding ortho intramolecular Hbond substituents is 1. The molecule has 0 heterocycles. The molecule has 1 amide bonds. The molecule has 0 saturated heterocycles. The number of alkyl halides is 3. The highest BCUT2D eigenvalue weighted by atomic mass is 19.4. The van der Waals surface area contributed by atoms with Gasteiger partial charge < -0.3 is 10.2 Å². The minimum Gasteiger partial charge on any atom is -0.507 e. The summed E-state index contributed by atoms with van der Waals surface area (Å²) < 4.78 is 38.7. The molecule has 192 valence electrons. The summed E-state index contributed by atoms with van der Waals surface area (Å²) in [4.78, 5) is 13.1. The zero-order valence-corrected chi connectivity index (χ0v) is 19.7. The second-order valence-electron chi connectivity index (χ2n) is 8.13. The van der Waals surface area contributed by atoms with Crippen LogP contribution in [0.1, 0.15) is 22.3 Å². The van der Waals surface area contributed by atoms with Gasteiger partial charge in [-0.05, 0) is 47.5 Å². The Morgan fingerprint density at radius 3 is 1.87 bits per heavy atom. The lowest BCUT2D eigenvalue weighted by Crippen LogP contribution is -2.43. The van der Waals surface area contributed by atoms with Crippen molar-refractivity contribution < 1.29 is 28.2 Å². The fourth-order valence-corrected chi connectivity index (χ4v) is 3.60. The molecular formula is C28H21F3N4O3. The number of halogens is 3. The molecule has 0 spiro atoms. The lowest BCUT2D eigenvalue weighted by Gasteiger charge is -2.27. The molecule has 0 aromatic heterocycles. The Morgan fingerprint density at radius 1 is 0.737 bits per heavy atom. The van der Waals surface area contributed by atoms with Crippen LogP contribution in [0.5, 0.6) is 5.75 Å². The van der Waals surface area contributed by atoms with Crippen molar-refractivity contribution in [3.63, 3.8) is 0 Å². The van der Waals surface area contributed by atoms with Gasteiger partial charge in [0, 0.05) is 5.56 Å². The summed E-state index contributed by atoms with van der Waals surface area (Å²) in [5.41, 5.74) is 0.440. The van der Waals surface area contributed by atoms with Gasteiger partial charge in [-0.2, -0.15) is 28.5 Å². The maximum absolute atomic E-state index is 13.1. The maximum Gasteiger partial charge on any atom is 0.416 e. The summed E-state index contributed by atoms with van der Waals surface area (Å²) in [5.74, 6) is -1.02. The second kappa shape index (κ2) is 11.1. The first-order valence-corrected chi connectivity index (χ1v) is 11.3. The highest BCUT2D eigenvalue weighted by Crippen LogP contribution is 2.32. The number of phenols is 1. The van der Waals surface area contributed by atoms with E-state index in [2.05, 4.69) is 20.8 Å². The molecule has 4 aromatic rings. The molecule has 7 nitrogen and oxygen atoms in total. The number of amides is 1. The van der Waals surface area contributed by atoms with Crippen LogP contribution in [0.15, 0.2) is 118 Å². The van der Waals surface area contributed by atoms with Gasteiger partial charge in [0.05, 0.1) is 23.2 Å². The molecule has 3 N–H and O–H groups in total. The number of carbonyl (C=O) groups excluding carboxylic acids is 1. The normalized spacial score (nSPS) is 12.2. The number of carbonyl (C=O) groups is 1. The lowest BCUT2D eigenvalue weighted by atomic mass is 9.85. The first-order chi connectivity index (χ1) is 18.2. The average Bonchev–Trinajstić information content (AvgIpc) is 2.93. The van der Waals surface area contributed by atoms with Crippen molar-refractivity contribution in [1.82, 2.24) is 5.43 Å². The van der Waals surface area contributed by atoms with Gasteiger partial charge in [0.1, 0.15) is 5.75 Å². The molecule has 10 heteroatoms. The van der Waals surface area contributed by atoms with Crippen LogP contribution in [0.3, 0.4) is 0 Å². The van der Waals surface area contributed by atoms with Gasteiger partial charge in [-0.25, -0.2) is 5.43 Å². The zero-order chi connectivity index (χ0) is 27.2. The zero-order valence-electron chi connectivity index (χ0n) is 19.7. The number of hydrazone groups is 1. The number of hydrogen-bond acceptors (Lipinski definition) is 6. The number of benzene rings is 4. The Bertz CT molecular complexity index is 1430. The number of nitrogens with zero attached hydrogens (tertiary/aromatic N) is 3. The molecule has 38 heavy (non-hydrogen) atoms. The Labute approximate surface area is 215 Å². The van der Waals surface area contributed by atoms with Crippen molar-refractivity contribution in [2.75, 3.05) is 0 Å². The van der Waals surface area contributed by atoms with Crippen molar-refractivity contribution in [3.8, 4) is 5.75 Å². The van der Waals surface area contributed by atoms with Crippen molar-refractivity contribution >= 4 is 23.5 Å². The third-order valence-corrected chi connectivity index (χ3v) is 5.55. The molecule has 0 bridgehead atoms. The minimum atomic E-state index is -4.51. The van der Waals surface area contributed by atoms with E-state index in [1.54, 1.807) is 60.7 Å². The molecule has 0 aliphatic rings. The van der Waals surface area contributed by atoms with E-state index < -0.39 is 23.2 Å². The van der Waals surface area contributed by atoms with Gasteiger partial charge in [0.15, 0.2) is 5.60 Å². The van der Waals surface area contributed by atoms with Crippen LogP contribution in [-0.2, 0) is 16.6 Å². The molecule has 0 aliphatic heterocycles. The first-order valence-electron chi connectivity index (χ1n) is 11.3. The van der Waals surface area contributed by atoms with Crippen LogP contribution in [0, 0.1) is 0 Å². The predicted octanol–water partition coefficient (Wildman–Crippen LogP) is 6.21.